The predicted molar refractivity (Wildman–Crippen MR) is 75.5 cm³/mol. The molecule has 2 rings (SSSR count). The Bertz CT molecular complexity index is 453. The van der Waals surface area contributed by atoms with Crippen LogP contribution in [0, 0.1) is 0 Å². The standard InChI is InChI=1S/C12H16BrNO3S/c1-2-18(15)4-3-14-7-9-5-10(13)12-11(6-9)16-8-17-12/h5-6,14H,2-4,7-8H2,1H3. The molecule has 0 amide bonds. The first-order chi connectivity index (χ1) is 8.70. The van der Waals surface area contributed by atoms with Gasteiger partial charge in [-0.1, -0.05) is 6.92 Å². The van der Waals surface area contributed by atoms with Crippen LogP contribution in [0.5, 0.6) is 11.5 Å². The van der Waals surface area contributed by atoms with E-state index in [1.54, 1.807) is 0 Å². The zero-order valence-electron chi connectivity index (χ0n) is 10.2. The van der Waals surface area contributed by atoms with Gasteiger partial charge >= 0.3 is 0 Å². The summed E-state index contributed by atoms with van der Waals surface area (Å²) in [7, 11) is -0.705. The molecule has 1 aromatic rings. The molecule has 0 radical (unpaired) electrons. The Kier molecular flexibility index (Phi) is 5.03. The third-order valence-corrected chi connectivity index (χ3v) is 4.54. The van der Waals surface area contributed by atoms with Crippen LogP contribution in [0.2, 0.25) is 0 Å². The van der Waals surface area contributed by atoms with E-state index < -0.39 is 10.8 Å². The van der Waals surface area contributed by atoms with E-state index in [1.807, 2.05) is 19.1 Å². The smallest absolute Gasteiger partial charge is 0.231 e. The summed E-state index contributed by atoms with van der Waals surface area (Å²) < 4.78 is 22.8. The molecule has 1 atom stereocenters. The van der Waals surface area contributed by atoms with Crippen molar-refractivity contribution in [2.75, 3.05) is 24.8 Å². The normalized spacial score (nSPS) is 14.8. The molecule has 100 valence electrons. The van der Waals surface area contributed by atoms with Gasteiger partial charge in [-0.25, -0.2) is 0 Å². The summed E-state index contributed by atoms with van der Waals surface area (Å²) >= 11 is 3.46. The molecule has 0 spiro atoms. The van der Waals surface area contributed by atoms with E-state index in [0.717, 1.165) is 40.4 Å². The molecule has 4 nitrogen and oxygen atoms in total. The highest BCUT2D eigenvalue weighted by molar-refractivity contribution is 9.10. The number of hydrogen-bond acceptors (Lipinski definition) is 4. The number of halogens is 1. The van der Waals surface area contributed by atoms with Gasteiger partial charge in [-0.2, -0.15) is 0 Å². The summed E-state index contributed by atoms with van der Waals surface area (Å²) in [5, 5.41) is 3.28. The molecule has 1 aliphatic rings. The molecule has 6 heteroatoms. The molecule has 0 aromatic heterocycles. The fraction of sp³-hybridized carbons (Fsp3) is 0.500. The number of ether oxygens (including phenoxy) is 2. The topological polar surface area (TPSA) is 47.6 Å². The monoisotopic (exact) mass is 333 g/mol. The van der Waals surface area contributed by atoms with Crippen molar-refractivity contribution in [3.63, 3.8) is 0 Å². The SMILES string of the molecule is CCS(=O)CCNCc1cc(Br)c2c(c1)OCO2. The van der Waals surface area contributed by atoms with E-state index in [4.69, 9.17) is 9.47 Å². The lowest BCUT2D eigenvalue weighted by Gasteiger charge is -2.07. The van der Waals surface area contributed by atoms with E-state index in [2.05, 4.69) is 21.2 Å². The van der Waals surface area contributed by atoms with Gasteiger partial charge in [0.1, 0.15) is 0 Å². The minimum atomic E-state index is -0.705. The van der Waals surface area contributed by atoms with Crippen molar-refractivity contribution in [2.45, 2.75) is 13.5 Å². The van der Waals surface area contributed by atoms with Crippen LogP contribution >= 0.6 is 15.9 Å². The van der Waals surface area contributed by atoms with E-state index in [9.17, 15) is 4.21 Å². The van der Waals surface area contributed by atoms with Gasteiger partial charge in [0.15, 0.2) is 11.5 Å². The van der Waals surface area contributed by atoms with E-state index >= 15 is 0 Å². The second kappa shape index (κ2) is 6.54. The summed E-state index contributed by atoms with van der Waals surface area (Å²) in [6, 6.07) is 3.98. The predicted octanol–water partition coefficient (Wildman–Crippen LogP) is 2.04. The number of nitrogens with one attached hydrogen (secondary N) is 1. The van der Waals surface area contributed by atoms with Gasteiger partial charge < -0.3 is 14.8 Å². The number of fused-ring (bicyclic) bond motifs is 1. The number of benzene rings is 1. The van der Waals surface area contributed by atoms with Gasteiger partial charge in [0.05, 0.1) is 4.47 Å². The van der Waals surface area contributed by atoms with Gasteiger partial charge in [0, 0.05) is 35.4 Å². The Morgan fingerprint density at radius 1 is 1.44 bits per heavy atom. The Morgan fingerprint density at radius 2 is 2.28 bits per heavy atom. The maximum absolute atomic E-state index is 11.3. The Labute approximate surface area is 118 Å². The van der Waals surface area contributed by atoms with Gasteiger partial charge in [-0.3, -0.25) is 4.21 Å². The van der Waals surface area contributed by atoms with Gasteiger partial charge in [-0.05, 0) is 33.6 Å². The van der Waals surface area contributed by atoms with Gasteiger partial charge in [-0.15, -0.1) is 0 Å². The van der Waals surface area contributed by atoms with Crippen LogP contribution < -0.4 is 14.8 Å². The largest absolute Gasteiger partial charge is 0.454 e. The molecule has 0 saturated heterocycles. The fourth-order valence-corrected chi connectivity index (χ4v) is 2.95. The highest BCUT2D eigenvalue weighted by Gasteiger charge is 2.17. The number of hydrogen-bond donors (Lipinski definition) is 1. The average molecular weight is 334 g/mol. The van der Waals surface area contributed by atoms with Crippen LogP contribution in [-0.4, -0.2) is 29.1 Å². The van der Waals surface area contributed by atoms with Gasteiger partial charge in [0.25, 0.3) is 0 Å². The molecular formula is C12H16BrNO3S. The third kappa shape index (κ3) is 3.46. The van der Waals surface area contributed by atoms with Crippen LogP contribution in [0.15, 0.2) is 16.6 Å². The molecule has 1 unspecified atom stereocenters. The quantitative estimate of drug-likeness (QED) is 0.809. The Morgan fingerprint density at radius 3 is 3.06 bits per heavy atom. The van der Waals surface area contributed by atoms with Crippen LogP contribution in [0.1, 0.15) is 12.5 Å². The summed E-state index contributed by atoms with van der Waals surface area (Å²) in [4.78, 5) is 0. The van der Waals surface area contributed by atoms with Crippen LogP contribution in [0.25, 0.3) is 0 Å². The molecular weight excluding hydrogens is 318 g/mol. The highest BCUT2D eigenvalue weighted by atomic mass is 79.9. The van der Waals surface area contributed by atoms with Crippen LogP contribution in [0.3, 0.4) is 0 Å². The lowest BCUT2D eigenvalue weighted by Crippen LogP contribution is -2.20. The summed E-state index contributed by atoms with van der Waals surface area (Å²) in [5.41, 5.74) is 1.12. The molecule has 0 fully saturated rings. The molecule has 0 saturated carbocycles. The van der Waals surface area contributed by atoms with Crippen molar-refractivity contribution in [3.05, 3.63) is 22.2 Å². The first kappa shape index (κ1) is 13.8. The maximum Gasteiger partial charge on any atom is 0.231 e. The zero-order valence-corrected chi connectivity index (χ0v) is 12.6. The summed E-state index contributed by atoms with van der Waals surface area (Å²) in [6.07, 6.45) is 0. The first-order valence-corrected chi connectivity index (χ1v) is 8.12. The van der Waals surface area contributed by atoms with Crippen molar-refractivity contribution in [2.24, 2.45) is 0 Å². The van der Waals surface area contributed by atoms with Gasteiger partial charge in [0.2, 0.25) is 6.79 Å². The van der Waals surface area contributed by atoms with E-state index in [0.29, 0.717) is 5.75 Å². The maximum atomic E-state index is 11.3. The van der Waals surface area contributed by atoms with Crippen molar-refractivity contribution >= 4 is 26.7 Å². The Hall–Kier alpha value is -0.590. The molecule has 1 aromatic carbocycles. The van der Waals surface area contributed by atoms with Crippen LogP contribution in [0.4, 0.5) is 0 Å². The van der Waals surface area contributed by atoms with Crippen LogP contribution in [-0.2, 0) is 17.3 Å². The lowest BCUT2D eigenvalue weighted by molar-refractivity contribution is 0.173. The lowest BCUT2D eigenvalue weighted by atomic mass is 10.2. The van der Waals surface area contributed by atoms with Crippen molar-refractivity contribution in [1.29, 1.82) is 0 Å². The average Bonchev–Trinajstić information content (AvgIpc) is 2.83. The third-order valence-electron chi connectivity index (χ3n) is 2.64. The van der Waals surface area contributed by atoms with Crippen molar-refractivity contribution < 1.29 is 13.7 Å². The molecule has 1 heterocycles. The van der Waals surface area contributed by atoms with E-state index in [-0.39, 0.29) is 6.79 Å². The minimum Gasteiger partial charge on any atom is -0.454 e. The second-order valence-electron chi connectivity index (χ2n) is 3.92. The van der Waals surface area contributed by atoms with E-state index in [1.165, 1.54) is 0 Å². The highest BCUT2D eigenvalue weighted by Crippen LogP contribution is 2.39. The fourth-order valence-electron chi connectivity index (χ4n) is 1.69. The summed E-state index contributed by atoms with van der Waals surface area (Å²) in [5.74, 6) is 2.96. The Balaban J connectivity index is 1.87. The molecule has 18 heavy (non-hydrogen) atoms. The van der Waals surface area contributed by atoms with Crippen molar-refractivity contribution in [1.82, 2.24) is 5.32 Å². The minimum absolute atomic E-state index is 0.278. The zero-order chi connectivity index (χ0) is 13.0. The van der Waals surface area contributed by atoms with Crippen molar-refractivity contribution in [3.8, 4) is 11.5 Å². The number of rotatable bonds is 6. The first-order valence-electron chi connectivity index (χ1n) is 5.84. The summed E-state index contributed by atoms with van der Waals surface area (Å²) in [6.45, 7) is 3.70. The second-order valence-corrected chi connectivity index (χ2v) is 6.64. The molecule has 1 aliphatic heterocycles. The molecule has 0 bridgehead atoms. The molecule has 1 N–H and O–H groups in total. The molecule has 0 aliphatic carbocycles.